The molecule has 0 amide bonds. The van der Waals surface area contributed by atoms with E-state index in [-0.39, 0.29) is 6.42 Å². The summed E-state index contributed by atoms with van der Waals surface area (Å²) >= 11 is 0. The van der Waals surface area contributed by atoms with Crippen LogP contribution >= 0.6 is 0 Å². The Morgan fingerprint density at radius 3 is 2.05 bits per heavy atom. The van der Waals surface area contributed by atoms with Crippen molar-refractivity contribution in [1.29, 1.82) is 0 Å². The van der Waals surface area contributed by atoms with Crippen molar-refractivity contribution in [2.24, 2.45) is 0 Å². The molecule has 0 aromatic heterocycles. The van der Waals surface area contributed by atoms with E-state index in [9.17, 15) is 20.2 Å². The molecular weight excluding hydrogens is 260 g/mol. The van der Waals surface area contributed by atoms with Gasteiger partial charge in [0.25, 0.3) is 0 Å². The first-order valence-corrected chi connectivity index (χ1v) is 5.96. The van der Waals surface area contributed by atoms with Gasteiger partial charge in [-0.15, -0.1) is 0 Å². The van der Waals surface area contributed by atoms with Crippen LogP contribution in [0.5, 0.6) is 0 Å². The highest BCUT2D eigenvalue weighted by molar-refractivity contribution is 5.62. The van der Waals surface area contributed by atoms with Gasteiger partial charge in [-0.2, -0.15) is 0 Å². The molecule has 2 aromatic carbocycles. The van der Waals surface area contributed by atoms with Gasteiger partial charge >= 0.3 is 11.4 Å². The van der Waals surface area contributed by atoms with Gasteiger partial charge in [0.15, 0.2) is 0 Å². The molecule has 102 valence electrons. The normalized spacial score (nSPS) is 10.2. The van der Waals surface area contributed by atoms with Gasteiger partial charge < -0.3 is 0 Å². The fourth-order valence-electron chi connectivity index (χ4n) is 2.11. The van der Waals surface area contributed by atoms with Crippen LogP contribution in [0.2, 0.25) is 0 Å². The third-order valence-corrected chi connectivity index (χ3v) is 3.04. The van der Waals surface area contributed by atoms with E-state index in [2.05, 4.69) is 0 Å². The molecule has 2 rings (SSSR count). The third-order valence-electron chi connectivity index (χ3n) is 3.04. The van der Waals surface area contributed by atoms with Crippen LogP contribution in [0.15, 0.2) is 42.5 Å². The maximum Gasteiger partial charge on any atom is 0.349 e. The molecule has 0 atom stereocenters. The predicted octanol–water partition coefficient (Wildman–Crippen LogP) is 3.40. The largest absolute Gasteiger partial charge is 0.349 e. The van der Waals surface area contributed by atoms with Gasteiger partial charge in [-0.05, 0) is 12.5 Å². The summed E-state index contributed by atoms with van der Waals surface area (Å²) in [6, 6.07) is 12.3. The maximum absolute atomic E-state index is 11.2. The molecule has 6 heteroatoms. The van der Waals surface area contributed by atoms with Crippen molar-refractivity contribution >= 4 is 11.4 Å². The molecule has 0 saturated carbocycles. The molecule has 0 N–H and O–H groups in total. The Kier molecular flexibility index (Phi) is 3.74. The monoisotopic (exact) mass is 272 g/mol. The number of nitro groups is 2. The number of nitro benzene ring substituents is 2. The number of hydrogen-bond donors (Lipinski definition) is 0. The topological polar surface area (TPSA) is 86.3 Å². The summed E-state index contributed by atoms with van der Waals surface area (Å²) in [6.45, 7) is 1.50. The van der Waals surface area contributed by atoms with Crippen molar-refractivity contribution in [2.45, 2.75) is 13.3 Å². The fourth-order valence-corrected chi connectivity index (χ4v) is 2.11. The first-order chi connectivity index (χ1) is 9.50. The number of hydrogen-bond acceptors (Lipinski definition) is 4. The maximum atomic E-state index is 11.2. The van der Waals surface area contributed by atoms with E-state index in [1.54, 1.807) is 12.1 Å². The number of nitrogens with zero attached hydrogens (tertiary/aromatic N) is 2. The molecule has 0 heterocycles. The molecule has 0 unspecified atom stereocenters. The molecule has 0 bridgehead atoms. The number of benzene rings is 2. The second-order valence-corrected chi connectivity index (χ2v) is 4.42. The zero-order valence-corrected chi connectivity index (χ0v) is 10.8. The molecule has 0 saturated heterocycles. The van der Waals surface area contributed by atoms with Gasteiger partial charge in [-0.3, -0.25) is 20.2 Å². The SMILES string of the molecule is Cc1ccc(Cc2ccccc2)c([N+](=O)[O-])c1[N+](=O)[O-]. The standard InChI is InChI=1S/C14H12N2O4/c1-10-7-8-12(9-11-5-3-2-4-6-11)14(16(19)20)13(10)15(17)18/h2-8H,9H2,1H3. The molecule has 0 fully saturated rings. The van der Waals surface area contributed by atoms with E-state index in [0.717, 1.165) is 5.56 Å². The smallest absolute Gasteiger partial charge is 0.258 e. The van der Waals surface area contributed by atoms with Gasteiger partial charge in [-0.1, -0.05) is 42.5 Å². The van der Waals surface area contributed by atoms with Crippen LogP contribution in [0.3, 0.4) is 0 Å². The number of aryl methyl sites for hydroxylation is 1. The zero-order chi connectivity index (χ0) is 14.7. The fraction of sp³-hybridized carbons (Fsp3) is 0.143. The van der Waals surface area contributed by atoms with E-state index in [0.29, 0.717) is 11.1 Å². The molecule has 0 aliphatic rings. The summed E-state index contributed by atoms with van der Waals surface area (Å²) in [7, 11) is 0. The molecule has 0 radical (unpaired) electrons. The second kappa shape index (κ2) is 5.48. The minimum atomic E-state index is -0.692. The molecule has 2 aromatic rings. The van der Waals surface area contributed by atoms with Crippen molar-refractivity contribution in [3.8, 4) is 0 Å². The van der Waals surface area contributed by atoms with E-state index >= 15 is 0 Å². The van der Waals surface area contributed by atoms with Crippen molar-refractivity contribution in [2.75, 3.05) is 0 Å². The third kappa shape index (κ3) is 2.64. The summed E-state index contributed by atoms with van der Waals surface area (Å²) in [6.07, 6.45) is 0.290. The van der Waals surface area contributed by atoms with Crippen LogP contribution in [-0.4, -0.2) is 9.85 Å². The highest BCUT2D eigenvalue weighted by atomic mass is 16.6. The Bertz CT molecular complexity index is 668. The lowest BCUT2D eigenvalue weighted by Gasteiger charge is -2.05. The highest BCUT2D eigenvalue weighted by Crippen LogP contribution is 2.34. The summed E-state index contributed by atoms with van der Waals surface area (Å²) in [5, 5.41) is 22.2. The lowest BCUT2D eigenvalue weighted by molar-refractivity contribution is -0.423. The average Bonchev–Trinajstić information content (AvgIpc) is 2.41. The summed E-state index contributed by atoms with van der Waals surface area (Å²) in [5.41, 5.74) is 0.660. The van der Waals surface area contributed by atoms with Gasteiger partial charge in [0.2, 0.25) is 0 Å². The van der Waals surface area contributed by atoms with E-state index in [1.165, 1.54) is 6.92 Å². The first kappa shape index (κ1) is 13.7. The van der Waals surface area contributed by atoms with Crippen LogP contribution in [0.25, 0.3) is 0 Å². The Hall–Kier alpha value is -2.76. The van der Waals surface area contributed by atoms with E-state index in [1.807, 2.05) is 30.3 Å². The van der Waals surface area contributed by atoms with Crippen molar-refractivity contribution in [3.05, 3.63) is 79.4 Å². The minimum Gasteiger partial charge on any atom is -0.258 e. The minimum absolute atomic E-state index is 0.290. The van der Waals surface area contributed by atoms with Gasteiger partial charge in [0.1, 0.15) is 0 Å². The van der Waals surface area contributed by atoms with Crippen molar-refractivity contribution < 1.29 is 9.85 Å². The first-order valence-electron chi connectivity index (χ1n) is 5.96. The number of rotatable bonds is 4. The van der Waals surface area contributed by atoms with Crippen LogP contribution in [0.1, 0.15) is 16.7 Å². The molecule has 20 heavy (non-hydrogen) atoms. The predicted molar refractivity (Wildman–Crippen MR) is 73.7 cm³/mol. The lowest BCUT2D eigenvalue weighted by Crippen LogP contribution is -2.03. The quantitative estimate of drug-likeness (QED) is 0.630. The molecule has 0 aliphatic carbocycles. The summed E-state index contributed by atoms with van der Waals surface area (Å²) in [4.78, 5) is 20.9. The Morgan fingerprint density at radius 1 is 0.900 bits per heavy atom. The van der Waals surface area contributed by atoms with Crippen LogP contribution in [-0.2, 0) is 6.42 Å². The van der Waals surface area contributed by atoms with Gasteiger partial charge in [-0.25, -0.2) is 0 Å². The highest BCUT2D eigenvalue weighted by Gasteiger charge is 2.30. The second-order valence-electron chi connectivity index (χ2n) is 4.42. The van der Waals surface area contributed by atoms with Gasteiger partial charge in [0, 0.05) is 17.5 Å². The lowest BCUT2D eigenvalue weighted by atomic mass is 10.0. The molecule has 6 nitrogen and oxygen atoms in total. The summed E-state index contributed by atoms with van der Waals surface area (Å²) in [5.74, 6) is 0. The van der Waals surface area contributed by atoms with Gasteiger partial charge in [0.05, 0.1) is 9.85 Å². The van der Waals surface area contributed by atoms with Crippen LogP contribution in [0.4, 0.5) is 11.4 Å². The Balaban J connectivity index is 2.56. The van der Waals surface area contributed by atoms with Crippen molar-refractivity contribution in [1.82, 2.24) is 0 Å². The summed E-state index contributed by atoms with van der Waals surface area (Å²) < 4.78 is 0. The van der Waals surface area contributed by atoms with Crippen molar-refractivity contribution in [3.63, 3.8) is 0 Å². The van der Waals surface area contributed by atoms with Crippen LogP contribution < -0.4 is 0 Å². The van der Waals surface area contributed by atoms with E-state index < -0.39 is 21.2 Å². The molecule has 0 spiro atoms. The Labute approximate surface area is 115 Å². The zero-order valence-electron chi connectivity index (χ0n) is 10.8. The Morgan fingerprint density at radius 2 is 1.50 bits per heavy atom. The molecule has 0 aliphatic heterocycles. The molecular formula is C14H12N2O4. The average molecular weight is 272 g/mol. The van der Waals surface area contributed by atoms with E-state index in [4.69, 9.17) is 0 Å². The van der Waals surface area contributed by atoms with Crippen LogP contribution in [0, 0.1) is 27.2 Å².